The molecular formula is C30H32Cl3N3O4S. The molecule has 11 heteroatoms. The van der Waals surface area contributed by atoms with Crippen LogP contribution >= 0.6 is 34.8 Å². The van der Waals surface area contributed by atoms with Gasteiger partial charge in [0.2, 0.25) is 11.8 Å². The van der Waals surface area contributed by atoms with Crippen molar-refractivity contribution in [1.29, 1.82) is 0 Å². The number of rotatable bonds is 11. The molecule has 2 amide bonds. The van der Waals surface area contributed by atoms with Gasteiger partial charge < -0.3 is 10.2 Å². The molecule has 7 nitrogen and oxygen atoms in total. The molecule has 0 saturated heterocycles. The molecule has 1 N–H and O–H groups in total. The number of nitrogens with one attached hydrogen (secondary N) is 1. The van der Waals surface area contributed by atoms with Gasteiger partial charge in [-0.1, -0.05) is 78.8 Å². The van der Waals surface area contributed by atoms with Crippen molar-refractivity contribution in [3.05, 3.63) is 93.4 Å². The molecule has 1 saturated carbocycles. The third-order valence-electron chi connectivity index (χ3n) is 7.20. The van der Waals surface area contributed by atoms with E-state index in [-0.39, 0.29) is 23.4 Å². The molecule has 0 aromatic heterocycles. The van der Waals surface area contributed by atoms with Crippen molar-refractivity contribution < 1.29 is 18.0 Å². The maximum absolute atomic E-state index is 14.2. The van der Waals surface area contributed by atoms with Crippen LogP contribution in [0, 0.1) is 0 Å². The van der Waals surface area contributed by atoms with E-state index in [4.69, 9.17) is 34.8 Å². The van der Waals surface area contributed by atoms with Crippen LogP contribution in [0.25, 0.3) is 0 Å². The van der Waals surface area contributed by atoms with E-state index in [1.165, 1.54) is 29.2 Å². The number of para-hydroxylation sites is 1. The molecule has 3 aromatic carbocycles. The van der Waals surface area contributed by atoms with Crippen LogP contribution in [-0.4, -0.2) is 43.8 Å². The van der Waals surface area contributed by atoms with Gasteiger partial charge >= 0.3 is 0 Å². The van der Waals surface area contributed by atoms with E-state index >= 15 is 0 Å². The number of carbonyl (C=O) groups is 2. The fourth-order valence-corrected chi connectivity index (χ4v) is 7.05. The second-order valence-electron chi connectivity index (χ2n) is 9.94. The molecule has 218 valence electrons. The highest BCUT2D eigenvalue weighted by Crippen LogP contribution is 2.29. The van der Waals surface area contributed by atoms with Crippen LogP contribution in [-0.2, 0) is 26.2 Å². The zero-order valence-corrected chi connectivity index (χ0v) is 25.7. The number of sulfonamides is 1. The Kier molecular flexibility index (Phi) is 10.6. The van der Waals surface area contributed by atoms with E-state index in [0.29, 0.717) is 32.7 Å². The molecular weight excluding hydrogens is 605 g/mol. The van der Waals surface area contributed by atoms with Crippen molar-refractivity contribution in [2.45, 2.75) is 62.6 Å². The molecule has 3 aromatic rings. The Hall–Kier alpha value is -2.78. The molecule has 1 aliphatic carbocycles. The third kappa shape index (κ3) is 7.55. The summed E-state index contributed by atoms with van der Waals surface area (Å²) in [6.45, 7) is 1.19. The standard InChI is InChI=1S/C30H32Cl3N3O4S/c1-2-28(30(38)34-22-9-6-7-10-22)35(19-25-26(32)13-8-14-27(25)33)29(37)20-36(23-11-4-3-5-12-23)41(39,40)24-17-15-21(31)16-18-24/h3-5,8,11-18,22,28H,2,6-7,9-10,19-20H2,1H3,(H,34,38)/t28-/m1/s1. The Balaban J connectivity index is 1.72. The Labute approximate surface area is 256 Å². The van der Waals surface area contributed by atoms with E-state index in [2.05, 4.69) is 5.32 Å². The molecule has 1 fully saturated rings. The van der Waals surface area contributed by atoms with E-state index in [0.717, 1.165) is 30.0 Å². The lowest BCUT2D eigenvalue weighted by Crippen LogP contribution is -2.53. The number of benzene rings is 3. The predicted octanol–water partition coefficient (Wildman–Crippen LogP) is 6.71. The van der Waals surface area contributed by atoms with Crippen LogP contribution in [0.15, 0.2) is 77.7 Å². The summed E-state index contributed by atoms with van der Waals surface area (Å²) in [6.07, 6.45) is 4.14. The minimum atomic E-state index is -4.19. The van der Waals surface area contributed by atoms with Gasteiger partial charge in [0.1, 0.15) is 12.6 Å². The first-order chi connectivity index (χ1) is 19.6. The Morgan fingerprint density at radius 3 is 2.10 bits per heavy atom. The normalized spacial score (nSPS) is 14.4. The van der Waals surface area contributed by atoms with Gasteiger partial charge in [0.05, 0.1) is 10.6 Å². The first-order valence-electron chi connectivity index (χ1n) is 13.5. The summed E-state index contributed by atoms with van der Waals surface area (Å²) in [7, 11) is -4.19. The van der Waals surface area contributed by atoms with Crippen LogP contribution in [0.4, 0.5) is 5.69 Å². The number of amides is 2. The third-order valence-corrected chi connectivity index (χ3v) is 9.95. The van der Waals surface area contributed by atoms with Crippen molar-refractivity contribution in [2.24, 2.45) is 0 Å². The summed E-state index contributed by atoms with van der Waals surface area (Å²) in [5, 5.41) is 4.15. The number of carbonyl (C=O) groups excluding carboxylic acids is 2. The molecule has 0 aliphatic heterocycles. The highest BCUT2D eigenvalue weighted by atomic mass is 35.5. The maximum Gasteiger partial charge on any atom is 0.264 e. The lowest BCUT2D eigenvalue weighted by Gasteiger charge is -2.34. The van der Waals surface area contributed by atoms with Crippen LogP contribution < -0.4 is 9.62 Å². The fraction of sp³-hybridized carbons (Fsp3) is 0.333. The predicted molar refractivity (Wildman–Crippen MR) is 164 cm³/mol. The number of nitrogens with zero attached hydrogens (tertiary/aromatic N) is 2. The topological polar surface area (TPSA) is 86.8 Å². The molecule has 0 spiro atoms. The Bertz CT molecular complexity index is 1440. The maximum atomic E-state index is 14.2. The van der Waals surface area contributed by atoms with Gasteiger partial charge in [-0.25, -0.2) is 8.42 Å². The van der Waals surface area contributed by atoms with Gasteiger partial charge in [-0.2, -0.15) is 0 Å². The number of anilines is 1. The smallest absolute Gasteiger partial charge is 0.264 e. The largest absolute Gasteiger partial charge is 0.352 e. The number of hydrogen-bond acceptors (Lipinski definition) is 4. The van der Waals surface area contributed by atoms with Crippen molar-refractivity contribution in [3.8, 4) is 0 Å². The summed E-state index contributed by atoms with van der Waals surface area (Å²) in [5.41, 5.74) is 0.776. The zero-order chi connectivity index (χ0) is 29.6. The minimum absolute atomic E-state index is 0.0229. The molecule has 1 aliphatic rings. The van der Waals surface area contributed by atoms with Crippen LogP contribution in [0.2, 0.25) is 15.1 Å². The van der Waals surface area contributed by atoms with Crippen molar-refractivity contribution in [2.75, 3.05) is 10.8 Å². The first-order valence-corrected chi connectivity index (χ1v) is 16.0. The summed E-state index contributed by atoms with van der Waals surface area (Å²) in [4.78, 5) is 29.0. The summed E-state index contributed by atoms with van der Waals surface area (Å²) < 4.78 is 28.8. The summed E-state index contributed by atoms with van der Waals surface area (Å²) in [5.74, 6) is -0.862. The number of hydrogen-bond donors (Lipinski definition) is 1. The van der Waals surface area contributed by atoms with Crippen molar-refractivity contribution >= 4 is 62.3 Å². The highest BCUT2D eigenvalue weighted by molar-refractivity contribution is 7.92. The van der Waals surface area contributed by atoms with Gasteiger partial charge in [0, 0.05) is 33.2 Å². The zero-order valence-electron chi connectivity index (χ0n) is 22.6. The Morgan fingerprint density at radius 2 is 1.51 bits per heavy atom. The van der Waals surface area contributed by atoms with E-state index in [1.807, 2.05) is 6.92 Å². The lowest BCUT2D eigenvalue weighted by atomic mass is 10.1. The quantitative estimate of drug-likeness (QED) is 0.254. The van der Waals surface area contributed by atoms with Gasteiger partial charge in [0.15, 0.2) is 0 Å². The van der Waals surface area contributed by atoms with Gasteiger partial charge in [-0.05, 0) is 67.8 Å². The fourth-order valence-electron chi connectivity index (χ4n) is 5.00. The molecule has 0 unspecified atom stereocenters. The SMILES string of the molecule is CC[C@H](C(=O)NC1CCCC1)N(Cc1c(Cl)cccc1Cl)C(=O)CN(c1ccccc1)S(=O)(=O)c1ccc(Cl)cc1. The van der Waals surface area contributed by atoms with E-state index < -0.39 is 28.5 Å². The molecule has 0 bridgehead atoms. The van der Waals surface area contributed by atoms with Crippen molar-refractivity contribution in [1.82, 2.24) is 10.2 Å². The Morgan fingerprint density at radius 1 is 0.902 bits per heavy atom. The lowest BCUT2D eigenvalue weighted by molar-refractivity contribution is -0.140. The number of halogens is 3. The summed E-state index contributed by atoms with van der Waals surface area (Å²) in [6, 6.07) is 18.3. The van der Waals surface area contributed by atoms with Crippen molar-refractivity contribution in [3.63, 3.8) is 0 Å². The molecule has 0 heterocycles. The van der Waals surface area contributed by atoms with Gasteiger partial charge in [-0.3, -0.25) is 13.9 Å². The minimum Gasteiger partial charge on any atom is -0.352 e. The average Bonchev–Trinajstić information content (AvgIpc) is 3.46. The second-order valence-corrected chi connectivity index (χ2v) is 13.1. The first kappa shape index (κ1) is 31.2. The van der Waals surface area contributed by atoms with Gasteiger partial charge in [0.25, 0.3) is 10.0 Å². The molecule has 0 radical (unpaired) electrons. The van der Waals surface area contributed by atoms with E-state index in [9.17, 15) is 18.0 Å². The monoisotopic (exact) mass is 635 g/mol. The van der Waals surface area contributed by atoms with Crippen LogP contribution in [0.5, 0.6) is 0 Å². The van der Waals surface area contributed by atoms with Crippen LogP contribution in [0.1, 0.15) is 44.6 Å². The van der Waals surface area contributed by atoms with Gasteiger partial charge in [-0.15, -0.1) is 0 Å². The molecule has 1 atom stereocenters. The van der Waals surface area contributed by atoms with Crippen LogP contribution in [0.3, 0.4) is 0 Å². The van der Waals surface area contributed by atoms with E-state index in [1.54, 1.807) is 48.5 Å². The summed E-state index contributed by atoms with van der Waals surface area (Å²) >= 11 is 18.9. The average molecular weight is 637 g/mol. The molecule has 4 rings (SSSR count). The highest BCUT2D eigenvalue weighted by Gasteiger charge is 2.35. The molecule has 41 heavy (non-hydrogen) atoms. The second kappa shape index (κ2) is 13.9.